The second kappa shape index (κ2) is 7.53. The van der Waals surface area contributed by atoms with Crippen LogP contribution in [0, 0.1) is 35.0 Å². The molecule has 0 amide bonds. The van der Waals surface area contributed by atoms with Crippen molar-refractivity contribution in [1.29, 1.82) is 0 Å². The molecular formula is C22H35IO3. The summed E-state index contributed by atoms with van der Waals surface area (Å²) in [4.78, 5) is 11.4. The monoisotopic (exact) mass is 474 g/mol. The Labute approximate surface area is 172 Å². The van der Waals surface area contributed by atoms with Gasteiger partial charge in [-0.1, -0.05) is 19.8 Å². The lowest BCUT2D eigenvalue weighted by molar-refractivity contribution is -0.156. The van der Waals surface area contributed by atoms with Crippen molar-refractivity contribution in [3.05, 3.63) is 0 Å². The summed E-state index contributed by atoms with van der Waals surface area (Å²) in [5.41, 5.74) is 0.0951. The van der Waals surface area contributed by atoms with Crippen LogP contribution in [0.25, 0.3) is 0 Å². The first-order valence-corrected chi connectivity index (χ1v) is 11.9. The van der Waals surface area contributed by atoms with E-state index in [9.17, 15) is 9.90 Å². The zero-order chi connectivity index (χ0) is 18.4. The van der Waals surface area contributed by atoms with Crippen LogP contribution in [0.15, 0.2) is 0 Å². The van der Waals surface area contributed by atoms with Crippen LogP contribution in [0.5, 0.6) is 0 Å². The quantitative estimate of drug-likeness (QED) is 0.522. The molecule has 0 aromatic heterocycles. The molecule has 4 aliphatic rings. The maximum Gasteiger partial charge on any atom is 0.315 e. The Bertz CT molecular complexity index is 537. The van der Waals surface area contributed by atoms with Crippen molar-refractivity contribution < 1.29 is 13.0 Å². The Morgan fingerprint density at radius 2 is 1.92 bits per heavy atom. The molecular weight excluding hydrogens is 439 g/mol. The third-order valence-corrected chi connectivity index (χ3v) is 9.72. The number of rotatable bonds is 4. The lowest BCUT2D eigenvalue weighted by atomic mass is 9.46. The molecule has 4 fully saturated rings. The standard InChI is InChI=1S/C22H35IO3/c1-21-13-3-2-5-15(21)8-10-17-18(21)12-14-22(25)16(9-11-19(17)22)6-4-7-20(24)26-23/h15-19,25H,2-14H2,1H3/t15-,16-,17?,18?,19?,21-,22-/m0/s1. The summed E-state index contributed by atoms with van der Waals surface area (Å²) < 4.78 is 4.75. The molecule has 3 nitrogen and oxygen atoms in total. The number of carbonyl (C=O) groups is 1. The lowest BCUT2D eigenvalue weighted by Gasteiger charge is -2.60. The number of halogens is 1. The van der Waals surface area contributed by atoms with Gasteiger partial charge in [0.05, 0.1) is 5.60 Å². The van der Waals surface area contributed by atoms with E-state index in [1.54, 1.807) is 23.0 Å². The molecule has 0 radical (unpaired) electrons. The summed E-state index contributed by atoms with van der Waals surface area (Å²) in [6.45, 7) is 2.60. The van der Waals surface area contributed by atoms with E-state index >= 15 is 0 Å². The van der Waals surface area contributed by atoms with Crippen molar-refractivity contribution in [2.24, 2.45) is 35.0 Å². The number of fused-ring (bicyclic) bond motifs is 5. The fourth-order valence-corrected chi connectivity index (χ4v) is 8.19. The van der Waals surface area contributed by atoms with Crippen LogP contribution < -0.4 is 0 Å². The second-order valence-electron chi connectivity index (χ2n) is 10.0. The third kappa shape index (κ3) is 3.15. The molecule has 148 valence electrons. The third-order valence-electron chi connectivity index (χ3n) is 9.23. The molecule has 4 rings (SSSR count). The first-order valence-electron chi connectivity index (χ1n) is 11.0. The van der Waals surface area contributed by atoms with Gasteiger partial charge >= 0.3 is 5.97 Å². The molecule has 3 unspecified atom stereocenters. The van der Waals surface area contributed by atoms with Crippen molar-refractivity contribution in [2.45, 2.75) is 96.0 Å². The van der Waals surface area contributed by atoms with Crippen molar-refractivity contribution in [3.63, 3.8) is 0 Å². The van der Waals surface area contributed by atoms with Gasteiger partial charge in [-0.15, -0.1) is 0 Å². The van der Waals surface area contributed by atoms with Gasteiger partial charge in [0, 0.05) is 6.42 Å². The molecule has 7 atom stereocenters. The zero-order valence-corrected chi connectivity index (χ0v) is 18.4. The molecule has 1 N–H and O–H groups in total. The molecule has 0 saturated heterocycles. The predicted octanol–water partition coefficient (Wildman–Crippen LogP) is 5.82. The molecule has 4 saturated carbocycles. The lowest BCUT2D eigenvalue weighted by Crippen LogP contribution is -2.56. The van der Waals surface area contributed by atoms with Gasteiger partial charge in [-0.3, -0.25) is 4.79 Å². The maximum absolute atomic E-state index is 11.7. The molecule has 26 heavy (non-hydrogen) atoms. The van der Waals surface area contributed by atoms with Gasteiger partial charge < -0.3 is 8.17 Å². The van der Waals surface area contributed by atoms with Crippen molar-refractivity contribution in [2.75, 3.05) is 0 Å². The number of carbonyl (C=O) groups excluding carboxylic acids is 1. The summed E-state index contributed by atoms with van der Waals surface area (Å²) >= 11 is 1.67. The van der Waals surface area contributed by atoms with E-state index in [1.807, 2.05) is 0 Å². The fourth-order valence-electron chi connectivity index (χ4n) is 7.97. The van der Waals surface area contributed by atoms with Crippen LogP contribution >= 0.6 is 23.0 Å². The van der Waals surface area contributed by atoms with Crippen LogP contribution in [-0.2, 0) is 7.86 Å². The second-order valence-corrected chi connectivity index (χ2v) is 10.5. The van der Waals surface area contributed by atoms with Gasteiger partial charge in [-0.2, -0.15) is 0 Å². The highest BCUT2D eigenvalue weighted by Gasteiger charge is 2.60. The number of aliphatic hydroxyl groups is 1. The highest BCUT2D eigenvalue weighted by Crippen LogP contribution is 2.65. The van der Waals surface area contributed by atoms with E-state index in [4.69, 9.17) is 3.07 Å². The summed E-state index contributed by atoms with van der Waals surface area (Å²) in [6.07, 6.45) is 15.4. The first-order chi connectivity index (χ1) is 12.5. The van der Waals surface area contributed by atoms with E-state index in [-0.39, 0.29) is 5.97 Å². The van der Waals surface area contributed by atoms with Gasteiger partial charge in [0.25, 0.3) is 0 Å². The molecule has 0 spiro atoms. The van der Waals surface area contributed by atoms with Crippen LogP contribution in [0.2, 0.25) is 0 Å². The summed E-state index contributed by atoms with van der Waals surface area (Å²) in [7, 11) is 0. The minimum atomic E-state index is -0.451. The molecule has 0 aliphatic heterocycles. The van der Waals surface area contributed by atoms with E-state index in [0.29, 0.717) is 23.7 Å². The highest BCUT2D eigenvalue weighted by molar-refractivity contribution is 14.1. The predicted molar refractivity (Wildman–Crippen MR) is 111 cm³/mol. The van der Waals surface area contributed by atoms with E-state index in [2.05, 4.69) is 6.92 Å². The highest BCUT2D eigenvalue weighted by atomic mass is 127. The average Bonchev–Trinajstić information content (AvgIpc) is 2.97. The zero-order valence-electron chi connectivity index (χ0n) is 16.2. The topological polar surface area (TPSA) is 46.5 Å². The van der Waals surface area contributed by atoms with Crippen LogP contribution in [0.3, 0.4) is 0 Å². The summed E-state index contributed by atoms with van der Waals surface area (Å²) in [6, 6.07) is 0. The van der Waals surface area contributed by atoms with Crippen molar-refractivity contribution in [1.82, 2.24) is 0 Å². The Morgan fingerprint density at radius 3 is 2.73 bits per heavy atom. The molecule has 0 heterocycles. The largest absolute Gasteiger partial charge is 0.394 e. The van der Waals surface area contributed by atoms with E-state index in [1.165, 1.54) is 51.4 Å². The van der Waals surface area contributed by atoms with Crippen LogP contribution in [-0.4, -0.2) is 16.7 Å². The molecule has 0 aromatic rings. The SMILES string of the molecule is C[C@]12CCCC[C@H]1CCC1C3CC[C@H](CCCC(=O)OI)[C@@]3(O)CCC12. The molecule has 0 aromatic carbocycles. The van der Waals surface area contributed by atoms with Crippen molar-refractivity contribution >= 4 is 29.0 Å². The Hall–Kier alpha value is 0.160. The molecule has 4 aliphatic carbocycles. The number of hydrogen-bond donors (Lipinski definition) is 1. The molecule has 4 heteroatoms. The minimum absolute atomic E-state index is 0.126. The average molecular weight is 474 g/mol. The van der Waals surface area contributed by atoms with Gasteiger partial charge in [0.2, 0.25) is 0 Å². The number of hydrogen-bond acceptors (Lipinski definition) is 3. The van der Waals surface area contributed by atoms with Crippen LogP contribution in [0.1, 0.15) is 90.4 Å². The van der Waals surface area contributed by atoms with Crippen LogP contribution in [0.4, 0.5) is 0 Å². The summed E-state index contributed by atoms with van der Waals surface area (Å²) in [5.74, 6) is 3.33. The van der Waals surface area contributed by atoms with Gasteiger partial charge in [0.1, 0.15) is 0 Å². The van der Waals surface area contributed by atoms with E-state index in [0.717, 1.165) is 43.4 Å². The maximum atomic E-state index is 11.7. The first kappa shape index (κ1) is 19.5. The van der Waals surface area contributed by atoms with Gasteiger partial charge in [0.15, 0.2) is 23.0 Å². The Balaban J connectivity index is 1.45. The van der Waals surface area contributed by atoms with Gasteiger partial charge in [-0.25, -0.2) is 0 Å². The Kier molecular flexibility index (Phi) is 5.64. The van der Waals surface area contributed by atoms with Gasteiger partial charge in [-0.05, 0) is 99.2 Å². The summed E-state index contributed by atoms with van der Waals surface area (Å²) in [5, 5.41) is 11.7. The fraction of sp³-hybridized carbons (Fsp3) is 0.955. The molecule has 0 bridgehead atoms. The Morgan fingerprint density at radius 1 is 1.08 bits per heavy atom. The smallest absolute Gasteiger partial charge is 0.315 e. The normalized spacial score (nSPS) is 47.6. The van der Waals surface area contributed by atoms with E-state index < -0.39 is 5.60 Å². The minimum Gasteiger partial charge on any atom is -0.394 e. The van der Waals surface area contributed by atoms with Crippen molar-refractivity contribution in [3.8, 4) is 0 Å².